The average Bonchev–Trinajstić information content (AvgIpc) is 3.13. The number of pyridine rings is 1. The number of ether oxygens (including phenoxy) is 1. The summed E-state index contributed by atoms with van der Waals surface area (Å²) in [4.78, 5) is 13.5. The van der Waals surface area contributed by atoms with Crippen LogP contribution in [0.4, 0.5) is 4.39 Å². The van der Waals surface area contributed by atoms with Crippen molar-refractivity contribution in [3.8, 4) is 16.9 Å². The SMILES string of the molecule is Cc1cc(F)cc(Cl)c1-c1c(C)nn2c(C(C)C)c(C(=O)N[C@H]3CCOc4ccccc43)ccc12. The normalized spacial score (nSPS) is 15.2. The van der Waals surface area contributed by atoms with Crippen LogP contribution in [0.3, 0.4) is 0 Å². The second-order valence-corrected chi connectivity index (χ2v) is 9.73. The van der Waals surface area contributed by atoms with Crippen molar-refractivity contribution in [1.29, 1.82) is 0 Å². The van der Waals surface area contributed by atoms with Crippen LogP contribution in [0.5, 0.6) is 5.75 Å². The molecule has 1 N–H and O–H groups in total. The zero-order chi connectivity index (χ0) is 24.9. The van der Waals surface area contributed by atoms with Gasteiger partial charge in [-0.1, -0.05) is 43.6 Å². The molecule has 1 atom stereocenters. The van der Waals surface area contributed by atoms with E-state index in [1.165, 1.54) is 12.1 Å². The topological polar surface area (TPSA) is 55.6 Å². The Morgan fingerprint density at radius 1 is 1.17 bits per heavy atom. The summed E-state index contributed by atoms with van der Waals surface area (Å²) < 4.78 is 21.5. The molecule has 0 bridgehead atoms. The van der Waals surface area contributed by atoms with E-state index in [0.717, 1.165) is 44.9 Å². The van der Waals surface area contributed by atoms with Gasteiger partial charge in [-0.2, -0.15) is 5.10 Å². The Hall–Kier alpha value is -3.38. The molecule has 4 aromatic rings. The maximum Gasteiger partial charge on any atom is 0.253 e. The smallest absolute Gasteiger partial charge is 0.253 e. The number of halogens is 2. The van der Waals surface area contributed by atoms with Crippen molar-refractivity contribution < 1.29 is 13.9 Å². The van der Waals surface area contributed by atoms with E-state index in [2.05, 4.69) is 5.32 Å². The van der Waals surface area contributed by atoms with Gasteiger partial charge in [-0.15, -0.1) is 0 Å². The summed E-state index contributed by atoms with van der Waals surface area (Å²) in [5.41, 5.74) is 6.30. The molecular weight excluding hydrogens is 465 g/mol. The van der Waals surface area contributed by atoms with Gasteiger partial charge < -0.3 is 10.1 Å². The maximum absolute atomic E-state index is 13.9. The Morgan fingerprint density at radius 2 is 1.94 bits per heavy atom. The first kappa shape index (κ1) is 23.4. The third-order valence-corrected chi connectivity index (χ3v) is 6.86. The van der Waals surface area contributed by atoms with Crippen LogP contribution in [0.2, 0.25) is 5.02 Å². The van der Waals surface area contributed by atoms with E-state index in [1.807, 2.05) is 68.6 Å². The van der Waals surface area contributed by atoms with E-state index in [9.17, 15) is 9.18 Å². The first-order chi connectivity index (χ1) is 16.8. The number of fused-ring (bicyclic) bond motifs is 2. The highest BCUT2D eigenvalue weighted by atomic mass is 35.5. The van der Waals surface area contributed by atoms with Gasteiger partial charge >= 0.3 is 0 Å². The minimum atomic E-state index is -0.373. The molecule has 3 heterocycles. The minimum Gasteiger partial charge on any atom is -0.493 e. The summed E-state index contributed by atoms with van der Waals surface area (Å²) in [6.45, 7) is 8.39. The van der Waals surface area contributed by atoms with Crippen molar-refractivity contribution in [3.05, 3.63) is 87.4 Å². The number of aromatic nitrogens is 2. The fourth-order valence-corrected chi connectivity index (χ4v) is 5.40. The molecule has 5 rings (SSSR count). The maximum atomic E-state index is 13.9. The van der Waals surface area contributed by atoms with Crippen LogP contribution in [0, 0.1) is 19.7 Å². The predicted molar refractivity (Wildman–Crippen MR) is 136 cm³/mol. The number of benzene rings is 2. The highest BCUT2D eigenvalue weighted by Crippen LogP contribution is 2.38. The molecule has 1 aliphatic rings. The second-order valence-electron chi connectivity index (χ2n) is 9.32. The molecule has 0 aliphatic carbocycles. The van der Waals surface area contributed by atoms with Crippen LogP contribution in [-0.4, -0.2) is 22.1 Å². The molecule has 0 spiro atoms. The lowest BCUT2D eigenvalue weighted by atomic mass is 9.97. The highest BCUT2D eigenvalue weighted by Gasteiger charge is 2.27. The van der Waals surface area contributed by atoms with Crippen LogP contribution in [0.15, 0.2) is 48.5 Å². The molecule has 2 aromatic carbocycles. The van der Waals surface area contributed by atoms with Crippen LogP contribution >= 0.6 is 11.6 Å². The number of nitrogens with zero attached hydrogens (tertiary/aromatic N) is 2. The lowest BCUT2D eigenvalue weighted by molar-refractivity contribution is 0.0922. The number of hydrogen-bond acceptors (Lipinski definition) is 3. The van der Waals surface area contributed by atoms with E-state index >= 15 is 0 Å². The molecule has 0 fully saturated rings. The molecule has 1 amide bonds. The number of aryl methyl sites for hydroxylation is 2. The van der Waals surface area contributed by atoms with Crippen molar-refractivity contribution in [2.45, 2.75) is 46.1 Å². The molecular formula is C28H27ClFN3O2. The molecule has 5 nitrogen and oxygen atoms in total. The van der Waals surface area contributed by atoms with Crippen LogP contribution in [0.25, 0.3) is 16.6 Å². The molecule has 7 heteroatoms. The predicted octanol–water partition coefficient (Wildman–Crippen LogP) is 6.79. The third kappa shape index (κ3) is 4.06. The zero-order valence-corrected chi connectivity index (χ0v) is 20.9. The molecule has 1 aliphatic heterocycles. The average molecular weight is 492 g/mol. The van der Waals surface area contributed by atoms with Gasteiger partial charge in [0.05, 0.1) is 40.1 Å². The summed E-state index contributed by atoms with van der Waals surface area (Å²) in [6, 6.07) is 14.2. The van der Waals surface area contributed by atoms with E-state index in [1.54, 1.807) is 0 Å². The van der Waals surface area contributed by atoms with Gasteiger partial charge in [0.2, 0.25) is 0 Å². The van der Waals surface area contributed by atoms with E-state index < -0.39 is 0 Å². The number of hydrogen-bond donors (Lipinski definition) is 1. The standard InChI is InChI=1S/C28H27ClFN3O2/c1-15(2)27-20(28(34)31-22-11-12-35-24-8-6-5-7-19(22)24)9-10-23-26(17(4)32-33(23)27)25-16(3)13-18(30)14-21(25)29/h5-10,13-15,22H,11-12H2,1-4H3,(H,31,34)/t22-/m0/s1. The number of carbonyl (C=O) groups excluding carboxylic acids is 1. The summed E-state index contributed by atoms with van der Waals surface area (Å²) >= 11 is 6.48. The molecule has 2 aromatic heterocycles. The molecule has 35 heavy (non-hydrogen) atoms. The lowest BCUT2D eigenvalue weighted by Crippen LogP contribution is -2.33. The highest BCUT2D eigenvalue weighted by molar-refractivity contribution is 6.33. The Kier molecular flexibility index (Phi) is 6.01. The van der Waals surface area contributed by atoms with Gasteiger partial charge in [0.25, 0.3) is 5.91 Å². The Morgan fingerprint density at radius 3 is 2.69 bits per heavy atom. The molecule has 0 radical (unpaired) electrons. The number of carbonyl (C=O) groups is 1. The van der Waals surface area contributed by atoms with Gasteiger partial charge in [-0.05, 0) is 55.7 Å². The first-order valence-electron chi connectivity index (χ1n) is 11.8. The monoisotopic (exact) mass is 491 g/mol. The van der Waals surface area contributed by atoms with Crippen molar-refractivity contribution in [1.82, 2.24) is 14.9 Å². The Bertz CT molecular complexity index is 1440. The number of para-hydroxylation sites is 1. The lowest BCUT2D eigenvalue weighted by Gasteiger charge is -2.27. The van der Waals surface area contributed by atoms with Gasteiger partial charge in [0.1, 0.15) is 11.6 Å². The first-order valence-corrected chi connectivity index (χ1v) is 12.1. The number of rotatable bonds is 4. The van der Waals surface area contributed by atoms with E-state index in [4.69, 9.17) is 21.4 Å². The van der Waals surface area contributed by atoms with Gasteiger partial charge in [0, 0.05) is 23.1 Å². The molecule has 0 saturated carbocycles. The van der Waals surface area contributed by atoms with Crippen molar-refractivity contribution >= 4 is 23.0 Å². The van der Waals surface area contributed by atoms with Crippen molar-refractivity contribution in [2.24, 2.45) is 0 Å². The minimum absolute atomic E-state index is 0.0263. The Labute approximate surface area is 208 Å². The van der Waals surface area contributed by atoms with Crippen molar-refractivity contribution in [3.63, 3.8) is 0 Å². The van der Waals surface area contributed by atoms with Crippen LogP contribution < -0.4 is 10.1 Å². The fourth-order valence-electron chi connectivity index (χ4n) is 5.05. The molecule has 0 saturated heterocycles. The molecule has 0 unspecified atom stereocenters. The fraction of sp³-hybridized carbons (Fsp3) is 0.286. The number of nitrogens with one attached hydrogen (secondary N) is 1. The summed E-state index contributed by atoms with van der Waals surface area (Å²) in [6.07, 6.45) is 0.704. The van der Waals surface area contributed by atoms with Crippen LogP contribution in [-0.2, 0) is 0 Å². The zero-order valence-electron chi connectivity index (χ0n) is 20.2. The van der Waals surface area contributed by atoms with Crippen molar-refractivity contribution in [2.75, 3.05) is 6.61 Å². The van der Waals surface area contributed by atoms with Gasteiger partial charge in [0.15, 0.2) is 0 Å². The van der Waals surface area contributed by atoms with E-state index in [0.29, 0.717) is 23.6 Å². The quantitative estimate of drug-likeness (QED) is 0.342. The largest absolute Gasteiger partial charge is 0.493 e. The van der Waals surface area contributed by atoms with Crippen LogP contribution in [0.1, 0.15) is 65.1 Å². The van der Waals surface area contributed by atoms with Gasteiger partial charge in [-0.25, -0.2) is 8.91 Å². The number of amides is 1. The third-order valence-electron chi connectivity index (χ3n) is 6.57. The summed E-state index contributed by atoms with van der Waals surface area (Å²) in [5.74, 6) is 0.311. The summed E-state index contributed by atoms with van der Waals surface area (Å²) in [5, 5.41) is 8.35. The summed E-state index contributed by atoms with van der Waals surface area (Å²) in [7, 11) is 0. The molecule has 180 valence electrons. The second kappa shape index (κ2) is 9.00. The van der Waals surface area contributed by atoms with Gasteiger partial charge in [-0.3, -0.25) is 4.79 Å². The van der Waals surface area contributed by atoms with E-state index in [-0.39, 0.29) is 23.7 Å². The Balaban J connectivity index is 1.60.